The average Bonchev–Trinajstić information content (AvgIpc) is 3.12. The second kappa shape index (κ2) is 5.09. The lowest BCUT2D eigenvalue weighted by atomic mass is 9.98. The van der Waals surface area contributed by atoms with Crippen molar-refractivity contribution in [1.29, 1.82) is 0 Å². The van der Waals surface area contributed by atoms with Gasteiger partial charge in [-0.3, -0.25) is 0 Å². The van der Waals surface area contributed by atoms with E-state index in [1.54, 1.807) is 0 Å². The van der Waals surface area contributed by atoms with E-state index in [2.05, 4.69) is 37.4 Å². The molecule has 0 radical (unpaired) electrons. The first kappa shape index (κ1) is 12.4. The standard InChI is InChI=1S/C15H23NO/c1-4-17-14-7-5-6-12(10-14)11-16-15(2,3)13-8-9-13/h5-7,10,13,16H,4,8-9,11H2,1-3H3. The SMILES string of the molecule is CCOc1cccc(CNC(C)(C)C2CC2)c1. The molecule has 0 aromatic heterocycles. The molecular formula is C15H23NO. The van der Waals surface area contributed by atoms with Crippen molar-refractivity contribution in [2.45, 2.75) is 45.7 Å². The summed E-state index contributed by atoms with van der Waals surface area (Å²) in [4.78, 5) is 0. The van der Waals surface area contributed by atoms with Gasteiger partial charge < -0.3 is 10.1 Å². The molecule has 1 fully saturated rings. The maximum atomic E-state index is 5.51. The number of ether oxygens (including phenoxy) is 1. The number of hydrogen-bond acceptors (Lipinski definition) is 2. The molecular weight excluding hydrogens is 210 g/mol. The molecule has 2 nitrogen and oxygen atoms in total. The zero-order valence-electron chi connectivity index (χ0n) is 11.1. The van der Waals surface area contributed by atoms with E-state index in [0.717, 1.165) is 24.8 Å². The van der Waals surface area contributed by atoms with Crippen LogP contribution in [0.1, 0.15) is 39.2 Å². The highest BCUT2D eigenvalue weighted by molar-refractivity contribution is 5.28. The third kappa shape index (κ3) is 3.47. The third-order valence-corrected chi connectivity index (χ3v) is 3.56. The molecule has 2 heteroatoms. The maximum absolute atomic E-state index is 5.51. The van der Waals surface area contributed by atoms with Gasteiger partial charge in [-0.1, -0.05) is 12.1 Å². The molecule has 1 aromatic carbocycles. The zero-order chi connectivity index (χ0) is 12.3. The van der Waals surface area contributed by atoms with Crippen molar-refractivity contribution in [2.24, 2.45) is 5.92 Å². The van der Waals surface area contributed by atoms with Crippen molar-refractivity contribution in [1.82, 2.24) is 5.32 Å². The summed E-state index contributed by atoms with van der Waals surface area (Å²) in [5, 5.41) is 3.65. The fourth-order valence-corrected chi connectivity index (χ4v) is 2.19. The molecule has 0 amide bonds. The molecule has 0 spiro atoms. The Hall–Kier alpha value is -1.02. The molecule has 1 aliphatic carbocycles. The highest BCUT2D eigenvalue weighted by atomic mass is 16.5. The number of rotatable bonds is 6. The Morgan fingerprint density at radius 2 is 2.12 bits per heavy atom. The van der Waals surface area contributed by atoms with Crippen LogP contribution < -0.4 is 10.1 Å². The molecule has 2 rings (SSSR count). The summed E-state index contributed by atoms with van der Waals surface area (Å²) in [7, 11) is 0. The van der Waals surface area contributed by atoms with Crippen LogP contribution in [0.25, 0.3) is 0 Å². The third-order valence-electron chi connectivity index (χ3n) is 3.56. The van der Waals surface area contributed by atoms with E-state index in [4.69, 9.17) is 4.74 Å². The highest BCUT2D eigenvalue weighted by Crippen LogP contribution is 2.39. The largest absolute Gasteiger partial charge is 0.494 e. The summed E-state index contributed by atoms with van der Waals surface area (Å²) in [6.07, 6.45) is 2.75. The average molecular weight is 233 g/mol. The molecule has 1 aliphatic rings. The molecule has 1 aromatic rings. The minimum Gasteiger partial charge on any atom is -0.494 e. The van der Waals surface area contributed by atoms with Gasteiger partial charge in [0.15, 0.2) is 0 Å². The molecule has 0 atom stereocenters. The van der Waals surface area contributed by atoms with Gasteiger partial charge in [0.05, 0.1) is 6.61 Å². The second-order valence-corrected chi connectivity index (χ2v) is 5.43. The molecule has 1 N–H and O–H groups in total. The lowest BCUT2D eigenvalue weighted by Gasteiger charge is -2.26. The van der Waals surface area contributed by atoms with E-state index in [-0.39, 0.29) is 5.54 Å². The molecule has 17 heavy (non-hydrogen) atoms. The fraction of sp³-hybridized carbons (Fsp3) is 0.600. The Bertz CT molecular complexity index is 369. The number of nitrogens with one attached hydrogen (secondary N) is 1. The Kier molecular flexibility index (Phi) is 3.72. The molecule has 0 heterocycles. The van der Waals surface area contributed by atoms with Gasteiger partial charge in [-0.15, -0.1) is 0 Å². The monoisotopic (exact) mass is 233 g/mol. The van der Waals surface area contributed by atoms with E-state index in [1.807, 2.05) is 13.0 Å². The van der Waals surface area contributed by atoms with Crippen LogP contribution in [-0.4, -0.2) is 12.1 Å². The topological polar surface area (TPSA) is 21.3 Å². The van der Waals surface area contributed by atoms with E-state index >= 15 is 0 Å². The van der Waals surface area contributed by atoms with Crippen LogP contribution in [0.2, 0.25) is 0 Å². The fourth-order valence-electron chi connectivity index (χ4n) is 2.19. The van der Waals surface area contributed by atoms with Gasteiger partial charge in [0.25, 0.3) is 0 Å². The summed E-state index contributed by atoms with van der Waals surface area (Å²) >= 11 is 0. The first-order valence-electron chi connectivity index (χ1n) is 6.58. The smallest absolute Gasteiger partial charge is 0.119 e. The number of benzene rings is 1. The predicted octanol–water partition coefficient (Wildman–Crippen LogP) is 3.36. The van der Waals surface area contributed by atoms with Gasteiger partial charge in [-0.05, 0) is 57.2 Å². The van der Waals surface area contributed by atoms with Crippen LogP contribution in [-0.2, 0) is 6.54 Å². The molecule has 0 aliphatic heterocycles. The molecule has 0 unspecified atom stereocenters. The maximum Gasteiger partial charge on any atom is 0.119 e. The molecule has 0 saturated heterocycles. The minimum absolute atomic E-state index is 0.265. The molecule has 0 bridgehead atoms. The summed E-state index contributed by atoms with van der Waals surface area (Å²) in [5.74, 6) is 1.83. The molecule has 94 valence electrons. The Labute approximate surface area is 104 Å². The second-order valence-electron chi connectivity index (χ2n) is 5.43. The van der Waals surface area contributed by atoms with E-state index < -0.39 is 0 Å². The summed E-state index contributed by atoms with van der Waals surface area (Å²) in [5.41, 5.74) is 1.56. The van der Waals surface area contributed by atoms with Crippen molar-refractivity contribution in [2.75, 3.05) is 6.61 Å². The Morgan fingerprint density at radius 1 is 1.35 bits per heavy atom. The lowest BCUT2D eigenvalue weighted by molar-refractivity contribution is 0.333. The van der Waals surface area contributed by atoms with Crippen molar-refractivity contribution >= 4 is 0 Å². The van der Waals surface area contributed by atoms with Gasteiger partial charge in [-0.2, -0.15) is 0 Å². The zero-order valence-corrected chi connectivity index (χ0v) is 11.1. The van der Waals surface area contributed by atoms with Gasteiger partial charge in [0.1, 0.15) is 5.75 Å². The van der Waals surface area contributed by atoms with E-state index in [1.165, 1.54) is 18.4 Å². The van der Waals surface area contributed by atoms with Crippen molar-refractivity contribution in [3.63, 3.8) is 0 Å². The first-order chi connectivity index (χ1) is 8.12. The lowest BCUT2D eigenvalue weighted by Crippen LogP contribution is -2.40. The Morgan fingerprint density at radius 3 is 2.76 bits per heavy atom. The van der Waals surface area contributed by atoms with Crippen molar-refractivity contribution < 1.29 is 4.74 Å². The van der Waals surface area contributed by atoms with Gasteiger partial charge in [-0.25, -0.2) is 0 Å². The van der Waals surface area contributed by atoms with Crippen molar-refractivity contribution in [3.8, 4) is 5.75 Å². The number of hydrogen-bond donors (Lipinski definition) is 1. The Balaban J connectivity index is 1.91. The normalized spacial score (nSPS) is 15.9. The van der Waals surface area contributed by atoms with Crippen LogP contribution in [0.3, 0.4) is 0 Å². The van der Waals surface area contributed by atoms with Gasteiger partial charge >= 0.3 is 0 Å². The highest BCUT2D eigenvalue weighted by Gasteiger charge is 2.36. The van der Waals surface area contributed by atoms with Crippen molar-refractivity contribution in [3.05, 3.63) is 29.8 Å². The van der Waals surface area contributed by atoms with Crippen LogP contribution in [0, 0.1) is 5.92 Å². The van der Waals surface area contributed by atoms with Crippen LogP contribution >= 0.6 is 0 Å². The van der Waals surface area contributed by atoms with Crippen LogP contribution in [0.5, 0.6) is 5.75 Å². The predicted molar refractivity (Wildman–Crippen MR) is 71.3 cm³/mol. The van der Waals surface area contributed by atoms with E-state index in [9.17, 15) is 0 Å². The summed E-state index contributed by atoms with van der Waals surface area (Å²) in [6.45, 7) is 8.27. The first-order valence-corrected chi connectivity index (χ1v) is 6.58. The van der Waals surface area contributed by atoms with Gasteiger partial charge in [0, 0.05) is 12.1 Å². The van der Waals surface area contributed by atoms with Crippen LogP contribution in [0.15, 0.2) is 24.3 Å². The molecule has 1 saturated carbocycles. The van der Waals surface area contributed by atoms with Gasteiger partial charge in [0.2, 0.25) is 0 Å². The van der Waals surface area contributed by atoms with Crippen LogP contribution in [0.4, 0.5) is 0 Å². The quantitative estimate of drug-likeness (QED) is 0.813. The van der Waals surface area contributed by atoms with E-state index in [0.29, 0.717) is 0 Å². The summed E-state index contributed by atoms with van der Waals surface area (Å²) < 4.78 is 5.51. The summed E-state index contributed by atoms with van der Waals surface area (Å²) in [6, 6.07) is 8.35. The minimum atomic E-state index is 0.265.